The average molecular weight is 190 g/mol. The van der Waals surface area contributed by atoms with Crippen LogP contribution in [0.15, 0.2) is 30.8 Å². The van der Waals surface area contributed by atoms with Crippen molar-refractivity contribution in [3.8, 4) is 5.75 Å². The molecular weight excluding hydrogens is 172 g/mol. The third-order valence-corrected chi connectivity index (χ3v) is 2.13. The van der Waals surface area contributed by atoms with Gasteiger partial charge in [0.2, 0.25) is 0 Å². The number of hydrogen-bond donors (Lipinski definition) is 0. The maximum atomic E-state index is 5.57. The van der Waals surface area contributed by atoms with E-state index < -0.39 is 0 Å². The van der Waals surface area contributed by atoms with E-state index in [1.54, 1.807) is 0 Å². The number of rotatable bonds is 6. The summed E-state index contributed by atoms with van der Waals surface area (Å²) in [7, 11) is 0. The predicted molar refractivity (Wildman–Crippen MR) is 61.6 cm³/mol. The second-order valence-electron chi connectivity index (χ2n) is 3.33. The molecule has 14 heavy (non-hydrogen) atoms. The molecule has 0 bridgehead atoms. The van der Waals surface area contributed by atoms with E-state index in [1.165, 1.54) is 12.8 Å². The SMILES string of the molecule is C=Cc1ccc(OCCCCC)cc1. The molecule has 1 nitrogen and oxygen atoms in total. The zero-order chi connectivity index (χ0) is 10.2. The van der Waals surface area contributed by atoms with Crippen LogP contribution in [0.1, 0.15) is 31.7 Å². The van der Waals surface area contributed by atoms with Crippen LogP contribution in [0.25, 0.3) is 6.08 Å². The molecule has 1 heteroatoms. The van der Waals surface area contributed by atoms with Crippen molar-refractivity contribution in [2.45, 2.75) is 26.2 Å². The van der Waals surface area contributed by atoms with Gasteiger partial charge in [-0.1, -0.05) is 44.6 Å². The van der Waals surface area contributed by atoms with Crippen molar-refractivity contribution in [2.75, 3.05) is 6.61 Å². The van der Waals surface area contributed by atoms with E-state index in [9.17, 15) is 0 Å². The number of unbranched alkanes of at least 4 members (excludes halogenated alkanes) is 2. The Labute approximate surface area is 86.4 Å². The predicted octanol–water partition coefficient (Wildman–Crippen LogP) is 3.90. The van der Waals surface area contributed by atoms with E-state index in [4.69, 9.17) is 4.74 Å². The monoisotopic (exact) mass is 190 g/mol. The summed E-state index contributed by atoms with van der Waals surface area (Å²) in [6, 6.07) is 8.01. The molecule has 0 atom stereocenters. The van der Waals surface area contributed by atoms with Crippen LogP contribution in [-0.2, 0) is 0 Å². The molecule has 1 rings (SSSR count). The molecule has 0 radical (unpaired) electrons. The van der Waals surface area contributed by atoms with Crippen LogP contribution in [0.2, 0.25) is 0 Å². The fraction of sp³-hybridized carbons (Fsp3) is 0.385. The summed E-state index contributed by atoms with van der Waals surface area (Å²) in [5, 5.41) is 0. The van der Waals surface area contributed by atoms with Gasteiger partial charge in [0.15, 0.2) is 0 Å². The van der Waals surface area contributed by atoms with E-state index >= 15 is 0 Å². The highest BCUT2D eigenvalue weighted by Crippen LogP contribution is 2.13. The van der Waals surface area contributed by atoms with Gasteiger partial charge in [-0.3, -0.25) is 0 Å². The van der Waals surface area contributed by atoms with Crippen LogP contribution < -0.4 is 4.74 Å². The zero-order valence-electron chi connectivity index (χ0n) is 8.83. The highest BCUT2D eigenvalue weighted by Gasteiger charge is 1.92. The summed E-state index contributed by atoms with van der Waals surface area (Å²) in [6.45, 7) is 6.72. The van der Waals surface area contributed by atoms with Crippen molar-refractivity contribution >= 4 is 6.08 Å². The van der Waals surface area contributed by atoms with Crippen LogP contribution in [0.3, 0.4) is 0 Å². The molecule has 1 aromatic rings. The second-order valence-corrected chi connectivity index (χ2v) is 3.33. The first-order valence-electron chi connectivity index (χ1n) is 5.22. The Bertz CT molecular complexity index is 261. The first kappa shape index (κ1) is 10.8. The molecule has 76 valence electrons. The minimum absolute atomic E-state index is 0.821. The molecular formula is C13H18O. The lowest BCUT2D eigenvalue weighted by Gasteiger charge is -2.05. The average Bonchev–Trinajstić information content (AvgIpc) is 2.25. The van der Waals surface area contributed by atoms with Crippen molar-refractivity contribution in [3.63, 3.8) is 0 Å². The molecule has 0 saturated heterocycles. The second kappa shape index (κ2) is 6.25. The third-order valence-electron chi connectivity index (χ3n) is 2.13. The van der Waals surface area contributed by atoms with E-state index in [-0.39, 0.29) is 0 Å². The lowest BCUT2D eigenvalue weighted by molar-refractivity contribution is 0.306. The molecule has 0 saturated carbocycles. The number of ether oxygens (including phenoxy) is 1. The summed E-state index contributed by atoms with van der Waals surface area (Å²) in [5.41, 5.74) is 1.13. The van der Waals surface area contributed by atoms with Gasteiger partial charge in [0, 0.05) is 0 Å². The molecule has 0 unspecified atom stereocenters. The van der Waals surface area contributed by atoms with Crippen LogP contribution in [0.5, 0.6) is 5.75 Å². The molecule has 0 heterocycles. The van der Waals surface area contributed by atoms with Gasteiger partial charge in [-0.05, 0) is 24.1 Å². The Kier molecular flexibility index (Phi) is 4.84. The van der Waals surface area contributed by atoms with Gasteiger partial charge >= 0.3 is 0 Å². The van der Waals surface area contributed by atoms with Crippen molar-refractivity contribution in [1.29, 1.82) is 0 Å². The molecule has 0 aliphatic carbocycles. The maximum absolute atomic E-state index is 5.57. The summed E-state index contributed by atoms with van der Waals surface area (Å²) in [5.74, 6) is 0.951. The Balaban J connectivity index is 2.32. The molecule has 0 aliphatic rings. The first-order chi connectivity index (χ1) is 6.86. The van der Waals surface area contributed by atoms with E-state index in [1.807, 2.05) is 30.3 Å². The van der Waals surface area contributed by atoms with Crippen molar-refractivity contribution in [3.05, 3.63) is 36.4 Å². The van der Waals surface area contributed by atoms with Gasteiger partial charge in [-0.2, -0.15) is 0 Å². The summed E-state index contributed by atoms with van der Waals surface area (Å²) >= 11 is 0. The Morgan fingerprint density at radius 3 is 2.50 bits per heavy atom. The van der Waals surface area contributed by atoms with E-state index in [2.05, 4.69) is 13.5 Å². The Morgan fingerprint density at radius 2 is 1.93 bits per heavy atom. The van der Waals surface area contributed by atoms with Gasteiger partial charge in [-0.25, -0.2) is 0 Å². The van der Waals surface area contributed by atoms with Crippen LogP contribution >= 0.6 is 0 Å². The van der Waals surface area contributed by atoms with Gasteiger partial charge in [0.25, 0.3) is 0 Å². The third kappa shape index (κ3) is 3.65. The molecule has 1 aromatic carbocycles. The normalized spacial score (nSPS) is 9.79. The first-order valence-corrected chi connectivity index (χ1v) is 5.22. The maximum Gasteiger partial charge on any atom is 0.119 e. The van der Waals surface area contributed by atoms with Gasteiger partial charge in [0.1, 0.15) is 5.75 Å². The highest BCUT2D eigenvalue weighted by atomic mass is 16.5. The molecule has 0 spiro atoms. The minimum Gasteiger partial charge on any atom is -0.494 e. The number of benzene rings is 1. The summed E-state index contributed by atoms with van der Waals surface area (Å²) < 4.78 is 5.57. The topological polar surface area (TPSA) is 9.23 Å². The summed E-state index contributed by atoms with van der Waals surface area (Å²) in [6.07, 6.45) is 5.45. The summed E-state index contributed by atoms with van der Waals surface area (Å²) in [4.78, 5) is 0. The molecule has 0 aromatic heterocycles. The highest BCUT2D eigenvalue weighted by molar-refractivity contribution is 5.48. The fourth-order valence-electron chi connectivity index (χ4n) is 1.24. The smallest absolute Gasteiger partial charge is 0.119 e. The van der Waals surface area contributed by atoms with E-state index in [0.717, 1.165) is 24.3 Å². The Morgan fingerprint density at radius 1 is 1.21 bits per heavy atom. The quantitative estimate of drug-likeness (QED) is 0.618. The van der Waals surface area contributed by atoms with Crippen LogP contribution in [-0.4, -0.2) is 6.61 Å². The van der Waals surface area contributed by atoms with Gasteiger partial charge in [-0.15, -0.1) is 0 Å². The van der Waals surface area contributed by atoms with Gasteiger partial charge < -0.3 is 4.74 Å². The molecule has 0 fully saturated rings. The molecule has 0 amide bonds. The lowest BCUT2D eigenvalue weighted by atomic mass is 10.2. The number of hydrogen-bond acceptors (Lipinski definition) is 1. The van der Waals surface area contributed by atoms with Crippen molar-refractivity contribution < 1.29 is 4.74 Å². The zero-order valence-corrected chi connectivity index (χ0v) is 8.83. The van der Waals surface area contributed by atoms with Crippen LogP contribution in [0, 0.1) is 0 Å². The lowest BCUT2D eigenvalue weighted by Crippen LogP contribution is -1.96. The van der Waals surface area contributed by atoms with Gasteiger partial charge in [0.05, 0.1) is 6.61 Å². The molecule has 0 N–H and O–H groups in total. The standard InChI is InChI=1S/C13H18O/c1-3-5-6-11-14-13-9-7-12(4-2)8-10-13/h4,7-10H,2-3,5-6,11H2,1H3. The van der Waals surface area contributed by atoms with Crippen molar-refractivity contribution in [1.82, 2.24) is 0 Å². The Hall–Kier alpha value is -1.24. The largest absolute Gasteiger partial charge is 0.494 e. The van der Waals surface area contributed by atoms with Crippen molar-refractivity contribution in [2.24, 2.45) is 0 Å². The van der Waals surface area contributed by atoms with Crippen LogP contribution in [0.4, 0.5) is 0 Å². The minimum atomic E-state index is 0.821. The molecule has 0 aliphatic heterocycles. The fourth-order valence-corrected chi connectivity index (χ4v) is 1.24. The van der Waals surface area contributed by atoms with E-state index in [0.29, 0.717) is 0 Å².